The number of methoxy groups -OCH3 is 1. The van der Waals surface area contributed by atoms with E-state index in [2.05, 4.69) is 37.5 Å². The van der Waals surface area contributed by atoms with Crippen molar-refractivity contribution in [3.63, 3.8) is 0 Å². The van der Waals surface area contributed by atoms with E-state index < -0.39 is 15.7 Å². The van der Waals surface area contributed by atoms with E-state index in [4.69, 9.17) is 10.5 Å². The van der Waals surface area contributed by atoms with Crippen LogP contribution in [0.4, 0.5) is 0 Å². The van der Waals surface area contributed by atoms with Crippen LogP contribution in [0.1, 0.15) is 38.8 Å². The summed E-state index contributed by atoms with van der Waals surface area (Å²) in [5, 5.41) is 10.3. The number of hydrogen-bond donors (Lipinski definition) is 3. The Bertz CT molecular complexity index is 1280. The molecular formula is C23H29N7O3S. The van der Waals surface area contributed by atoms with Crippen molar-refractivity contribution in [1.82, 2.24) is 29.8 Å². The lowest BCUT2D eigenvalue weighted by atomic mass is 9.98. The molecule has 34 heavy (non-hydrogen) atoms. The summed E-state index contributed by atoms with van der Waals surface area (Å²) in [6.45, 7) is 4.63. The van der Waals surface area contributed by atoms with E-state index in [9.17, 15) is 8.42 Å². The predicted octanol–water partition coefficient (Wildman–Crippen LogP) is 1.20. The fourth-order valence-corrected chi connectivity index (χ4v) is 4.89. The van der Waals surface area contributed by atoms with Gasteiger partial charge in [0.15, 0.2) is 11.5 Å². The van der Waals surface area contributed by atoms with Gasteiger partial charge in [0.2, 0.25) is 0 Å². The van der Waals surface area contributed by atoms with E-state index in [1.54, 1.807) is 25.6 Å². The van der Waals surface area contributed by atoms with Gasteiger partial charge in [0.25, 0.3) is 10.0 Å². The van der Waals surface area contributed by atoms with Crippen molar-refractivity contribution in [2.45, 2.75) is 50.1 Å². The molecule has 2 aromatic heterocycles. The number of nitrogens with one attached hydrogen (secondary N) is 2. The number of aromatic nitrogens is 4. The highest BCUT2D eigenvalue weighted by Crippen LogP contribution is 2.30. The SMILES string of the molecule is COCCC#CC1=CNC(N)(c2ccnc(-c3cnn(S(=O)(=O)C4CC4)c3)n2)C=C1NC(C)C. The molecule has 4 N–H and O–H groups in total. The molecule has 11 heteroatoms. The molecule has 3 heterocycles. The van der Waals surface area contributed by atoms with Crippen LogP contribution in [0.5, 0.6) is 0 Å². The molecule has 0 spiro atoms. The molecule has 2 aromatic rings. The number of allylic oxidation sites excluding steroid dienone is 1. The van der Waals surface area contributed by atoms with Gasteiger partial charge in [-0.3, -0.25) is 0 Å². The normalized spacial score (nSPS) is 20.1. The summed E-state index contributed by atoms with van der Waals surface area (Å²) in [5.74, 6) is 6.58. The van der Waals surface area contributed by atoms with E-state index in [1.165, 1.54) is 12.4 Å². The third-order valence-corrected chi connectivity index (χ3v) is 7.36. The van der Waals surface area contributed by atoms with Crippen LogP contribution < -0.4 is 16.4 Å². The van der Waals surface area contributed by atoms with Gasteiger partial charge in [0, 0.05) is 32.0 Å². The van der Waals surface area contributed by atoms with Crippen molar-refractivity contribution in [2.24, 2.45) is 5.73 Å². The number of dihydropyridines is 1. The molecule has 0 aromatic carbocycles. The van der Waals surface area contributed by atoms with Crippen molar-refractivity contribution in [3.8, 4) is 23.2 Å². The summed E-state index contributed by atoms with van der Waals surface area (Å²) in [6.07, 6.45) is 10.1. The van der Waals surface area contributed by atoms with Crippen molar-refractivity contribution in [3.05, 3.63) is 53.9 Å². The molecule has 4 rings (SSSR count). The Morgan fingerprint density at radius 1 is 1.41 bits per heavy atom. The molecule has 1 atom stereocenters. The number of rotatable bonds is 8. The van der Waals surface area contributed by atoms with E-state index in [0.717, 1.165) is 15.4 Å². The third kappa shape index (κ3) is 5.14. The topological polar surface area (TPSA) is 137 Å². The van der Waals surface area contributed by atoms with Crippen LogP contribution in [0.25, 0.3) is 11.4 Å². The predicted molar refractivity (Wildman–Crippen MR) is 128 cm³/mol. The van der Waals surface area contributed by atoms with Crippen LogP contribution in [0, 0.1) is 11.8 Å². The summed E-state index contributed by atoms with van der Waals surface area (Å²) >= 11 is 0. The van der Waals surface area contributed by atoms with Gasteiger partial charge in [0.1, 0.15) is 0 Å². The first kappa shape index (κ1) is 23.9. The van der Waals surface area contributed by atoms with Crippen LogP contribution in [0.3, 0.4) is 0 Å². The standard InChI is InChI=1S/C23H29N7O3S/c1-16(2)28-20-12-23(24,26-13-17(20)6-4-5-11-33-3)21-9-10-25-22(29-21)18-14-27-30(15-18)34(31,32)19-7-8-19/h9-10,12-16,19,26,28H,5,7-8,11,24H2,1-3H3. The summed E-state index contributed by atoms with van der Waals surface area (Å²) < 4.78 is 31.0. The second kappa shape index (κ2) is 9.58. The van der Waals surface area contributed by atoms with Gasteiger partial charge >= 0.3 is 0 Å². The molecule has 1 aliphatic carbocycles. The molecule has 1 saturated carbocycles. The van der Waals surface area contributed by atoms with Crippen molar-refractivity contribution >= 4 is 10.0 Å². The highest BCUT2D eigenvalue weighted by atomic mass is 32.2. The largest absolute Gasteiger partial charge is 0.384 e. The van der Waals surface area contributed by atoms with Crippen LogP contribution in [-0.4, -0.2) is 52.6 Å². The molecule has 0 bridgehead atoms. The quantitative estimate of drug-likeness (QED) is 0.373. The molecule has 180 valence electrons. The smallest absolute Gasteiger partial charge is 0.256 e. The Kier molecular flexibility index (Phi) is 6.74. The maximum absolute atomic E-state index is 12.5. The zero-order valence-electron chi connectivity index (χ0n) is 19.4. The van der Waals surface area contributed by atoms with Gasteiger partial charge in [0.05, 0.1) is 46.8 Å². The lowest BCUT2D eigenvalue weighted by Gasteiger charge is -2.32. The van der Waals surface area contributed by atoms with Crippen molar-refractivity contribution in [2.75, 3.05) is 13.7 Å². The second-order valence-electron chi connectivity index (χ2n) is 8.58. The Balaban J connectivity index is 1.62. The van der Waals surface area contributed by atoms with Gasteiger partial charge in [-0.15, -0.1) is 0 Å². The molecule has 1 unspecified atom stereocenters. The highest BCUT2D eigenvalue weighted by molar-refractivity contribution is 7.90. The third-order valence-electron chi connectivity index (χ3n) is 5.32. The van der Waals surface area contributed by atoms with Gasteiger partial charge in [-0.1, -0.05) is 11.8 Å². The average molecular weight is 484 g/mol. The van der Waals surface area contributed by atoms with Crippen molar-refractivity contribution < 1.29 is 13.2 Å². The van der Waals surface area contributed by atoms with Crippen LogP contribution in [0.15, 0.2) is 48.2 Å². The van der Waals surface area contributed by atoms with Crippen LogP contribution in [0.2, 0.25) is 0 Å². The van der Waals surface area contributed by atoms with E-state index in [-0.39, 0.29) is 11.3 Å². The van der Waals surface area contributed by atoms with E-state index in [0.29, 0.717) is 43.0 Å². The number of nitrogens with zero attached hydrogens (tertiary/aromatic N) is 4. The van der Waals surface area contributed by atoms with Crippen LogP contribution in [-0.2, 0) is 20.4 Å². The first-order valence-corrected chi connectivity index (χ1v) is 12.6. The first-order valence-electron chi connectivity index (χ1n) is 11.1. The molecular weight excluding hydrogens is 454 g/mol. The molecule has 10 nitrogen and oxygen atoms in total. The Hall–Kier alpha value is -3.20. The Labute approximate surface area is 199 Å². The minimum atomic E-state index is -3.47. The summed E-state index contributed by atoms with van der Waals surface area (Å²) in [7, 11) is -1.82. The monoisotopic (exact) mass is 483 g/mol. The minimum absolute atomic E-state index is 0.165. The van der Waals surface area contributed by atoms with E-state index in [1.807, 2.05) is 19.9 Å². The average Bonchev–Trinajstić information content (AvgIpc) is 3.55. The molecule has 0 radical (unpaired) electrons. The van der Waals surface area contributed by atoms with Gasteiger partial charge in [-0.25, -0.2) is 18.4 Å². The summed E-state index contributed by atoms with van der Waals surface area (Å²) in [4.78, 5) is 8.92. The molecule has 1 fully saturated rings. The van der Waals surface area contributed by atoms with E-state index >= 15 is 0 Å². The first-order chi connectivity index (χ1) is 16.2. The molecule has 0 saturated heterocycles. The van der Waals surface area contributed by atoms with Gasteiger partial charge in [-0.2, -0.15) is 9.19 Å². The zero-order valence-corrected chi connectivity index (χ0v) is 20.3. The van der Waals surface area contributed by atoms with Crippen LogP contribution >= 0.6 is 0 Å². The number of ether oxygens (including phenoxy) is 1. The fourth-order valence-electron chi connectivity index (χ4n) is 3.42. The van der Waals surface area contributed by atoms with Gasteiger partial charge in [-0.05, 0) is 38.8 Å². The molecule has 1 aliphatic heterocycles. The second-order valence-corrected chi connectivity index (χ2v) is 10.7. The number of hydrogen-bond acceptors (Lipinski definition) is 9. The minimum Gasteiger partial charge on any atom is -0.384 e. The lowest BCUT2D eigenvalue weighted by Crippen LogP contribution is -2.50. The number of nitrogens with two attached hydrogens (primary N) is 1. The van der Waals surface area contributed by atoms with Crippen molar-refractivity contribution in [1.29, 1.82) is 0 Å². The molecule has 2 aliphatic rings. The molecule has 0 amide bonds. The Morgan fingerprint density at radius 2 is 2.21 bits per heavy atom. The van der Waals surface area contributed by atoms with Gasteiger partial charge < -0.3 is 21.1 Å². The maximum Gasteiger partial charge on any atom is 0.256 e. The highest BCUT2D eigenvalue weighted by Gasteiger charge is 2.38. The summed E-state index contributed by atoms with van der Waals surface area (Å²) in [6, 6.07) is 1.88. The Morgan fingerprint density at radius 3 is 2.91 bits per heavy atom. The lowest BCUT2D eigenvalue weighted by molar-refractivity contribution is 0.206. The fraction of sp³-hybridized carbons (Fsp3) is 0.435. The summed E-state index contributed by atoms with van der Waals surface area (Å²) in [5.41, 5.74) is 8.18. The zero-order chi connectivity index (χ0) is 24.3. The maximum atomic E-state index is 12.5.